The first-order valence-corrected chi connectivity index (χ1v) is 6.28. The Morgan fingerprint density at radius 3 is 2.20 bits per heavy atom. The van der Waals surface area contributed by atoms with E-state index in [1.54, 1.807) is 19.2 Å². The second kappa shape index (κ2) is 6.73. The van der Waals surface area contributed by atoms with Gasteiger partial charge in [-0.2, -0.15) is 0 Å². The van der Waals surface area contributed by atoms with Crippen molar-refractivity contribution in [2.75, 3.05) is 14.2 Å². The highest BCUT2D eigenvalue weighted by Crippen LogP contribution is 2.14. The Labute approximate surface area is 118 Å². The lowest BCUT2D eigenvalue weighted by molar-refractivity contribution is -0.102. The lowest BCUT2D eigenvalue weighted by Gasteiger charge is -2.20. The molecule has 0 unspecified atom stereocenters. The van der Waals surface area contributed by atoms with Crippen LogP contribution in [-0.2, 0) is 11.4 Å². The van der Waals surface area contributed by atoms with Crippen molar-refractivity contribution in [1.82, 2.24) is 5.06 Å². The van der Waals surface area contributed by atoms with Gasteiger partial charge in [0.05, 0.1) is 20.8 Å². The summed E-state index contributed by atoms with van der Waals surface area (Å²) in [6, 6.07) is 16.6. The molecule has 0 aromatic heterocycles. The van der Waals surface area contributed by atoms with Crippen molar-refractivity contribution in [2.45, 2.75) is 6.54 Å². The second-order valence-corrected chi connectivity index (χ2v) is 4.24. The van der Waals surface area contributed by atoms with Crippen LogP contribution >= 0.6 is 0 Å². The summed E-state index contributed by atoms with van der Waals surface area (Å²) in [6.45, 7) is 0.383. The molecule has 0 bridgehead atoms. The molecule has 2 rings (SSSR count). The first-order chi connectivity index (χ1) is 9.74. The molecule has 0 N–H and O–H groups in total. The van der Waals surface area contributed by atoms with Crippen LogP contribution in [0.1, 0.15) is 15.9 Å². The summed E-state index contributed by atoms with van der Waals surface area (Å²) in [5.74, 6) is 0.621. The number of rotatable bonds is 5. The molecule has 0 heterocycles. The fourth-order valence-electron chi connectivity index (χ4n) is 1.84. The van der Waals surface area contributed by atoms with Gasteiger partial charge in [0.2, 0.25) is 0 Å². The molecule has 0 spiro atoms. The van der Waals surface area contributed by atoms with Gasteiger partial charge in [-0.15, -0.1) is 0 Å². The Morgan fingerprint density at radius 2 is 1.65 bits per heavy atom. The molecule has 0 fully saturated rings. The van der Waals surface area contributed by atoms with Crippen LogP contribution in [0, 0.1) is 0 Å². The Bertz CT molecular complexity index is 552. The minimum absolute atomic E-state index is 0.163. The fraction of sp³-hybridized carbons (Fsp3) is 0.188. The van der Waals surface area contributed by atoms with Crippen molar-refractivity contribution < 1.29 is 14.4 Å². The van der Waals surface area contributed by atoms with Gasteiger partial charge in [0, 0.05) is 5.56 Å². The standard InChI is InChI=1S/C16H17NO3/c1-19-15-10-8-13(9-11-15)12-17(20-2)16(18)14-6-4-3-5-7-14/h3-11H,12H2,1-2H3. The van der Waals surface area contributed by atoms with E-state index in [2.05, 4.69) is 0 Å². The maximum atomic E-state index is 12.3. The van der Waals surface area contributed by atoms with Crippen molar-refractivity contribution >= 4 is 5.91 Å². The Morgan fingerprint density at radius 1 is 1.00 bits per heavy atom. The van der Waals surface area contributed by atoms with Crippen LogP contribution in [0.4, 0.5) is 0 Å². The third-order valence-corrected chi connectivity index (χ3v) is 2.95. The van der Waals surface area contributed by atoms with Crippen LogP contribution in [0.15, 0.2) is 54.6 Å². The number of methoxy groups -OCH3 is 1. The summed E-state index contributed by atoms with van der Waals surface area (Å²) in [6.07, 6.45) is 0. The maximum absolute atomic E-state index is 12.3. The van der Waals surface area contributed by atoms with Crippen LogP contribution in [0.5, 0.6) is 5.75 Å². The molecule has 4 nitrogen and oxygen atoms in total. The van der Waals surface area contributed by atoms with Gasteiger partial charge >= 0.3 is 0 Å². The van der Waals surface area contributed by atoms with E-state index >= 15 is 0 Å². The van der Waals surface area contributed by atoms with E-state index in [0.717, 1.165) is 11.3 Å². The first-order valence-electron chi connectivity index (χ1n) is 6.28. The molecule has 0 atom stereocenters. The van der Waals surface area contributed by atoms with Gasteiger partial charge in [0.25, 0.3) is 5.91 Å². The first kappa shape index (κ1) is 14.1. The summed E-state index contributed by atoms with van der Waals surface area (Å²) in [5, 5.41) is 1.33. The summed E-state index contributed by atoms with van der Waals surface area (Å²) < 4.78 is 5.11. The Kier molecular flexibility index (Phi) is 4.74. The van der Waals surface area contributed by atoms with E-state index < -0.39 is 0 Å². The highest BCUT2D eigenvalue weighted by molar-refractivity contribution is 5.93. The molecule has 104 valence electrons. The zero-order valence-electron chi connectivity index (χ0n) is 11.6. The minimum Gasteiger partial charge on any atom is -0.497 e. The van der Waals surface area contributed by atoms with Crippen LogP contribution in [0.25, 0.3) is 0 Å². The zero-order chi connectivity index (χ0) is 14.4. The molecule has 0 aliphatic rings. The third kappa shape index (κ3) is 3.36. The molecule has 0 aliphatic carbocycles. The monoisotopic (exact) mass is 271 g/mol. The number of amides is 1. The predicted molar refractivity (Wildman–Crippen MR) is 76.3 cm³/mol. The quantitative estimate of drug-likeness (QED) is 0.785. The molecule has 0 saturated carbocycles. The third-order valence-electron chi connectivity index (χ3n) is 2.95. The fourth-order valence-corrected chi connectivity index (χ4v) is 1.84. The highest BCUT2D eigenvalue weighted by Gasteiger charge is 2.15. The van der Waals surface area contributed by atoms with E-state index in [9.17, 15) is 4.79 Å². The normalized spacial score (nSPS) is 10.1. The van der Waals surface area contributed by atoms with E-state index in [0.29, 0.717) is 12.1 Å². The molecule has 1 amide bonds. The van der Waals surface area contributed by atoms with Crippen molar-refractivity contribution in [3.8, 4) is 5.75 Å². The van der Waals surface area contributed by atoms with Gasteiger partial charge in [-0.1, -0.05) is 30.3 Å². The van der Waals surface area contributed by atoms with Gasteiger partial charge in [0.15, 0.2) is 0 Å². The van der Waals surface area contributed by atoms with Gasteiger partial charge in [-0.25, -0.2) is 5.06 Å². The lowest BCUT2D eigenvalue weighted by Crippen LogP contribution is -2.29. The van der Waals surface area contributed by atoms with Crippen molar-refractivity contribution in [3.63, 3.8) is 0 Å². The van der Waals surface area contributed by atoms with Gasteiger partial charge in [-0.05, 0) is 29.8 Å². The summed E-state index contributed by atoms with van der Waals surface area (Å²) >= 11 is 0. The van der Waals surface area contributed by atoms with Crippen LogP contribution in [0.3, 0.4) is 0 Å². The molecule has 4 heteroatoms. The lowest BCUT2D eigenvalue weighted by atomic mass is 10.2. The number of hydrogen-bond acceptors (Lipinski definition) is 3. The van der Waals surface area contributed by atoms with Crippen LogP contribution in [0.2, 0.25) is 0 Å². The average molecular weight is 271 g/mol. The van der Waals surface area contributed by atoms with Gasteiger partial charge < -0.3 is 4.74 Å². The number of carbonyl (C=O) groups excluding carboxylic acids is 1. The molecular formula is C16H17NO3. The van der Waals surface area contributed by atoms with E-state index in [1.807, 2.05) is 42.5 Å². The summed E-state index contributed by atoms with van der Waals surface area (Å²) in [7, 11) is 3.11. The molecular weight excluding hydrogens is 254 g/mol. The Balaban J connectivity index is 2.10. The number of carbonyl (C=O) groups is 1. The smallest absolute Gasteiger partial charge is 0.277 e. The summed E-state index contributed by atoms with van der Waals surface area (Å²) in [5.41, 5.74) is 1.57. The second-order valence-electron chi connectivity index (χ2n) is 4.24. The number of hydroxylamine groups is 2. The summed E-state index contributed by atoms with van der Waals surface area (Å²) in [4.78, 5) is 17.5. The maximum Gasteiger partial charge on any atom is 0.277 e. The molecule has 0 aliphatic heterocycles. The zero-order valence-corrected chi connectivity index (χ0v) is 11.6. The number of nitrogens with zero attached hydrogens (tertiary/aromatic N) is 1. The van der Waals surface area contributed by atoms with Gasteiger partial charge in [0.1, 0.15) is 5.75 Å². The molecule has 20 heavy (non-hydrogen) atoms. The number of ether oxygens (including phenoxy) is 1. The van der Waals surface area contributed by atoms with Crippen LogP contribution < -0.4 is 4.74 Å². The Hall–Kier alpha value is -2.33. The average Bonchev–Trinajstić information content (AvgIpc) is 2.53. The van der Waals surface area contributed by atoms with Crippen molar-refractivity contribution in [3.05, 3.63) is 65.7 Å². The minimum atomic E-state index is -0.163. The van der Waals surface area contributed by atoms with Crippen LogP contribution in [-0.4, -0.2) is 25.2 Å². The molecule has 0 radical (unpaired) electrons. The highest BCUT2D eigenvalue weighted by atomic mass is 16.7. The van der Waals surface area contributed by atoms with Crippen molar-refractivity contribution in [1.29, 1.82) is 0 Å². The van der Waals surface area contributed by atoms with E-state index in [4.69, 9.17) is 9.57 Å². The number of hydrogen-bond donors (Lipinski definition) is 0. The SMILES string of the molecule is COc1ccc(CN(OC)C(=O)c2ccccc2)cc1. The van der Waals surface area contributed by atoms with Crippen molar-refractivity contribution in [2.24, 2.45) is 0 Å². The molecule has 2 aromatic rings. The molecule has 2 aromatic carbocycles. The molecule has 0 saturated heterocycles. The predicted octanol–water partition coefficient (Wildman–Crippen LogP) is 2.90. The largest absolute Gasteiger partial charge is 0.497 e. The van der Waals surface area contributed by atoms with E-state index in [-0.39, 0.29) is 5.91 Å². The number of benzene rings is 2. The van der Waals surface area contributed by atoms with E-state index in [1.165, 1.54) is 12.2 Å². The van der Waals surface area contributed by atoms with Gasteiger partial charge in [-0.3, -0.25) is 9.63 Å². The topological polar surface area (TPSA) is 38.8 Å².